The third-order valence-electron chi connectivity index (χ3n) is 3.45. The van der Waals surface area contributed by atoms with Crippen LogP contribution in [0.25, 0.3) is 0 Å². The number of carboxylic acids is 1. The molecule has 0 bridgehead atoms. The van der Waals surface area contributed by atoms with E-state index in [4.69, 9.17) is 14.6 Å². The second kappa shape index (κ2) is 11.3. The van der Waals surface area contributed by atoms with Crippen LogP contribution in [-0.4, -0.2) is 59.2 Å². The van der Waals surface area contributed by atoms with E-state index in [1.165, 1.54) is 6.92 Å². The Morgan fingerprint density at radius 2 is 1.76 bits per heavy atom. The summed E-state index contributed by atoms with van der Waals surface area (Å²) in [6.45, 7) is 8.77. The smallest absolute Gasteiger partial charge is 0.333 e. The van der Waals surface area contributed by atoms with E-state index in [1.54, 1.807) is 23.5 Å². The molecule has 1 N–H and O–H groups in total. The number of ether oxygens (including phenoxy) is 2. The zero-order chi connectivity index (χ0) is 18.8. The number of esters is 2. The van der Waals surface area contributed by atoms with Gasteiger partial charge in [-0.3, -0.25) is 9.59 Å². The maximum atomic E-state index is 12.3. The van der Waals surface area contributed by atoms with Crippen LogP contribution < -0.4 is 0 Å². The number of carbonyl (C=O) groups is 3. The van der Waals surface area contributed by atoms with Gasteiger partial charge in [-0.1, -0.05) is 18.7 Å². The molecule has 0 amide bonds. The number of carboxylic acid groups (broad SMARTS) is 1. The largest absolute Gasteiger partial charge is 0.481 e. The molecule has 1 atom stereocenters. The van der Waals surface area contributed by atoms with Crippen LogP contribution in [0, 0.1) is 11.8 Å². The lowest BCUT2D eigenvalue weighted by Gasteiger charge is -2.26. The maximum absolute atomic E-state index is 12.3. The molecule has 0 aliphatic carbocycles. The summed E-state index contributed by atoms with van der Waals surface area (Å²) in [5, 5.41) is 9.12. The monoisotopic (exact) mass is 388 g/mol. The van der Waals surface area contributed by atoms with E-state index in [0.717, 1.165) is 17.1 Å². The first kappa shape index (κ1) is 21.6. The van der Waals surface area contributed by atoms with Crippen LogP contribution in [0.3, 0.4) is 0 Å². The number of carbonyl (C=O) groups excluding carboxylic acids is 2. The Morgan fingerprint density at radius 1 is 1.20 bits per heavy atom. The van der Waals surface area contributed by atoms with Gasteiger partial charge >= 0.3 is 17.9 Å². The summed E-state index contributed by atoms with van der Waals surface area (Å²) >= 11 is 3.32. The van der Waals surface area contributed by atoms with Gasteiger partial charge in [-0.25, -0.2) is 4.79 Å². The fraction of sp³-hybridized carbons (Fsp3) is 0.588. The van der Waals surface area contributed by atoms with Crippen LogP contribution in [-0.2, 0) is 23.9 Å². The summed E-state index contributed by atoms with van der Waals surface area (Å²) in [6, 6.07) is 0. The van der Waals surface area contributed by atoms with Crippen LogP contribution >= 0.6 is 23.5 Å². The molecule has 1 saturated heterocycles. The van der Waals surface area contributed by atoms with Crippen LogP contribution in [0.5, 0.6) is 0 Å². The molecule has 0 aromatic heterocycles. The molecule has 1 aliphatic rings. The molecule has 0 saturated carbocycles. The number of thioether (sulfide) groups is 2. The summed E-state index contributed by atoms with van der Waals surface area (Å²) in [7, 11) is 0. The molecule has 1 heterocycles. The van der Waals surface area contributed by atoms with Gasteiger partial charge in [0.15, 0.2) is 0 Å². The topological polar surface area (TPSA) is 89.9 Å². The van der Waals surface area contributed by atoms with Crippen molar-refractivity contribution in [3.63, 3.8) is 0 Å². The Kier molecular flexibility index (Phi) is 9.74. The van der Waals surface area contributed by atoms with Crippen molar-refractivity contribution in [1.29, 1.82) is 0 Å². The fourth-order valence-electron chi connectivity index (χ4n) is 2.17. The predicted octanol–water partition coefficient (Wildman–Crippen LogP) is 2.39. The van der Waals surface area contributed by atoms with Gasteiger partial charge in [-0.2, -0.15) is 23.5 Å². The molecule has 1 unspecified atom stereocenters. The standard InChI is InChI=1S/C17H24O6S2/c1-11(2)16(20)22-4-5-23-17(21)14(6-15(18)19)13-9-24-7-12(3)8-25-10-13/h13-14H,1,3-10H2,2H3,(H,18,19). The molecule has 0 spiro atoms. The van der Waals surface area contributed by atoms with Crippen molar-refractivity contribution in [2.45, 2.75) is 13.3 Å². The van der Waals surface area contributed by atoms with Crippen molar-refractivity contribution < 1.29 is 29.0 Å². The minimum absolute atomic E-state index is 0.0782. The van der Waals surface area contributed by atoms with E-state index >= 15 is 0 Å². The number of hydrogen-bond donors (Lipinski definition) is 1. The minimum atomic E-state index is -1.03. The third-order valence-corrected chi connectivity index (χ3v) is 6.00. The second-order valence-corrected chi connectivity index (χ2v) is 7.89. The highest BCUT2D eigenvalue weighted by Gasteiger charge is 2.32. The molecule has 8 heteroatoms. The summed E-state index contributed by atoms with van der Waals surface area (Å²) in [6.07, 6.45) is -0.267. The first-order valence-corrected chi connectivity index (χ1v) is 10.2. The summed E-state index contributed by atoms with van der Waals surface area (Å²) in [5.74, 6) is 0.0747. The van der Waals surface area contributed by atoms with Gasteiger partial charge < -0.3 is 14.6 Å². The zero-order valence-electron chi connectivity index (χ0n) is 14.3. The Balaban J connectivity index is 2.56. The van der Waals surface area contributed by atoms with E-state index in [0.29, 0.717) is 11.5 Å². The van der Waals surface area contributed by atoms with Gasteiger partial charge in [0.25, 0.3) is 0 Å². The minimum Gasteiger partial charge on any atom is -0.481 e. The second-order valence-electron chi connectivity index (χ2n) is 5.83. The van der Waals surface area contributed by atoms with Crippen molar-refractivity contribution in [3.05, 3.63) is 24.3 Å². The zero-order valence-corrected chi connectivity index (χ0v) is 16.0. The Bertz CT molecular complexity index is 519. The van der Waals surface area contributed by atoms with Crippen molar-refractivity contribution >= 4 is 41.4 Å². The van der Waals surface area contributed by atoms with E-state index in [9.17, 15) is 14.4 Å². The van der Waals surface area contributed by atoms with Gasteiger partial charge in [0.2, 0.25) is 0 Å². The Morgan fingerprint density at radius 3 is 2.28 bits per heavy atom. The van der Waals surface area contributed by atoms with E-state index in [-0.39, 0.29) is 31.1 Å². The molecule has 1 fully saturated rings. The Labute approximate surface area is 156 Å². The van der Waals surface area contributed by atoms with Gasteiger partial charge in [0.05, 0.1) is 12.3 Å². The van der Waals surface area contributed by atoms with Gasteiger partial charge in [0, 0.05) is 17.1 Å². The van der Waals surface area contributed by atoms with Gasteiger partial charge in [-0.15, -0.1) is 0 Å². The fourth-order valence-corrected chi connectivity index (χ4v) is 4.77. The maximum Gasteiger partial charge on any atom is 0.333 e. The van der Waals surface area contributed by atoms with Crippen LogP contribution in [0.2, 0.25) is 0 Å². The van der Waals surface area contributed by atoms with Crippen LogP contribution in [0.1, 0.15) is 13.3 Å². The molecular formula is C17H24O6S2. The first-order valence-electron chi connectivity index (χ1n) is 7.84. The quantitative estimate of drug-likeness (QED) is 0.293. The molecular weight excluding hydrogens is 364 g/mol. The van der Waals surface area contributed by atoms with Gasteiger partial charge in [-0.05, 0) is 24.3 Å². The Hall–Kier alpha value is -1.41. The first-order chi connectivity index (χ1) is 11.8. The van der Waals surface area contributed by atoms with Gasteiger partial charge in [0.1, 0.15) is 13.2 Å². The lowest BCUT2D eigenvalue weighted by molar-refractivity contribution is -0.157. The normalized spacial score (nSPS) is 17.1. The summed E-state index contributed by atoms with van der Waals surface area (Å²) in [5.41, 5.74) is 1.41. The average Bonchev–Trinajstić information content (AvgIpc) is 2.52. The molecule has 0 radical (unpaired) electrons. The van der Waals surface area contributed by atoms with Crippen molar-refractivity contribution in [2.24, 2.45) is 11.8 Å². The summed E-state index contributed by atoms with van der Waals surface area (Å²) in [4.78, 5) is 34.7. The lowest BCUT2D eigenvalue weighted by Crippen LogP contribution is -2.32. The SMILES string of the molecule is C=C1CSCC(C(CC(=O)O)C(=O)OCCOC(=O)C(=C)C)CSC1. The predicted molar refractivity (Wildman–Crippen MR) is 99.8 cm³/mol. The molecule has 140 valence electrons. The van der Waals surface area contributed by atoms with E-state index < -0.39 is 23.8 Å². The molecule has 0 aromatic carbocycles. The molecule has 6 nitrogen and oxygen atoms in total. The van der Waals surface area contributed by atoms with Crippen molar-refractivity contribution in [1.82, 2.24) is 0 Å². The lowest BCUT2D eigenvalue weighted by atomic mass is 9.92. The number of aliphatic carboxylic acids is 1. The summed E-state index contributed by atoms with van der Waals surface area (Å²) < 4.78 is 9.99. The average molecular weight is 389 g/mol. The number of rotatable bonds is 8. The molecule has 25 heavy (non-hydrogen) atoms. The molecule has 1 aliphatic heterocycles. The van der Waals surface area contributed by atoms with Crippen molar-refractivity contribution in [2.75, 3.05) is 36.2 Å². The highest BCUT2D eigenvalue weighted by Crippen LogP contribution is 2.30. The van der Waals surface area contributed by atoms with Crippen molar-refractivity contribution in [3.8, 4) is 0 Å². The number of hydrogen-bond acceptors (Lipinski definition) is 7. The highest BCUT2D eigenvalue weighted by atomic mass is 32.2. The van der Waals surface area contributed by atoms with E-state index in [1.807, 2.05) is 0 Å². The van der Waals surface area contributed by atoms with Crippen LogP contribution in [0.4, 0.5) is 0 Å². The molecule has 0 aromatic rings. The van der Waals surface area contributed by atoms with E-state index in [2.05, 4.69) is 13.2 Å². The molecule has 1 rings (SSSR count). The van der Waals surface area contributed by atoms with Crippen LogP contribution in [0.15, 0.2) is 24.3 Å². The third kappa shape index (κ3) is 8.49. The highest BCUT2D eigenvalue weighted by molar-refractivity contribution is 8.01.